The van der Waals surface area contributed by atoms with Crippen LogP contribution in [0.5, 0.6) is 0 Å². The third-order valence-corrected chi connectivity index (χ3v) is 2.61. The van der Waals surface area contributed by atoms with Crippen molar-refractivity contribution in [1.82, 2.24) is 0 Å². The van der Waals surface area contributed by atoms with Gasteiger partial charge in [-0.3, -0.25) is 0 Å². The summed E-state index contributed by atoms with van der Waals surface area (Å²) in [6.07, 6.45) is 10.7. The summed E-state index contributed by atoms with van der Waals surface area (Å²) < 4.78 is 0. The van der Waals surface area contributed by atoms with E-state index < -0.39 is 0 Å². The Hall–Kier alpha value is -0.700. The molecule has 0 aliphatic heterocycles. The van der Waals surface area contributed by atoms with E-state index in [1.54, 1.807) is 0 Å². The molecule has 2 atom stereocenters. The van der Waals surface area contributed by atoms with Gasteiger partial charge in [0.15, 0.2) is 0 Å². The number of hydrogen-bond acceptors (Lipinski definition) is 0. The van der Waals surface area contributed by atoms with Crippen molar-refractivity contribution < 1.29 is 0 Å². The topological polar surface area (TPSA) is 0 Å². The van der Waals surface area contributed by atoms with Gasteiger partial charge in [0.05, 0.1) is 0 Å². The average molecular weight is 178 g/mol. The highest BCUT2D eigenvalue weighted by atomic mass is 14.2. The lowest BCUT2D eigenvalue weighted by atomic mass is 9.85. The van der Waals surface area contributed by atoms with E-state index in [-0.39, 0.29) is 0 Å². The van der Waals surface area contributed by atoms with Gasteiger partial charge in [-0.2, -0.15) is 0 Å². The van der Waals surface area contributed by atoms with Crippen LogP contribution in [0, 0.1) is 30.1 Å². The van der Waals surface area contributed by atoms with Gasteiger partial charge < -0.3 is 0 Å². The van der Waals surface area contributed by atoms with E-state index in [0.717, 1.165) is 12.3 Å². The van der Waals surface area contributed by atoms with Gasteiger partial charge in [-0.1, -0.05) is 33.3 Å². The maximum Gasteiger partial charge on any atom is 0.0120 e. The first-order valence-corrected chi connectivity index (χ1v) is 5.17. The zero-order valence-corrected chi connectivity index (χ0v) is 9.22. The second-order valence-electron chi connectivity index (χ2n) is 4.23. The van der Waals surface area contributed by atoms with Gasteiger partial charge in [0, 0.05) is 6.42 Å². The average Bonchev–Trinajstić information content (AvgIpc) is 2.10. The Morgan fingerprint density at radius 1 is 1.31 bits per heavy atom. The lowest BCUT2D eigenvalue weighted by Gasteiger charge is -2.19. The van der Waals surface area contributed by atoms with E-state index in [2.05, 4.69) is 33.3 Å². The SMILES string of the molecule is C#CCC(CCC(C)C)C(C)C=C. The zero-order valence-electron chi connectivity index (χ0n) is 9.22. The first kappa shape index (κ1) is 12.3. The molecule has 2 unspecified atom stereocenters. The van der Waals surface area contributed by atoms with Gasteiger partial charge in [0.25, 0.3) is 0 Å². The van der Waals surface area contributed by atoms with Crippen LogP contribution in [0.2, 0.25) is 0 Å². The maximum absolute atomic E-state index is 5.34. The fourth-order valence-electron chi connectivity index (χ4n) is 1.44. The molecule has 0 radical (unpaired) electrons. The van der Waals surface area contributed by atoms with Crippen molar-refractivity contribution in [3.63, 3.8) is 0 Å². The van der Waals surface area contributed by atoms with Crippen molar-refractivity contribution in [2.45, 2.75) is 40.0 Å². The third-order valence-electron chi connectivity index (χ3n) is 2.61. The first-order valence-electron chi connectivity index (χ1n) is 5.17. The van der Waals surface area contributed by atoms with Crippen LogP contribution in [0.15, 0.2) is 12.7 Å². The minimum Gasteiger partial charge on any atom is -0.120 e. The number of rotatable bonds is 6. The lowest BCUT2D eigenvalue weighted by molar-refractivity contribution is 0.363. The second kappa shape index (κ2) is 6.78. The van der Waals surface area contributed by atoms with Gasteiger partial charge in [-0.05, 0) is 24.2 Å². The molecule has 0 amide bonds. The Morgan fingerprint density at radius 3 is 2.31 bits per heavy atom. The molecule has 0 heterocycles. The van der Waals surface area contributed by atoms with E-state index in [1.807, 2.05) is 6.08 Å². The van der Waals surface area contributed by atoms with Crippen LogP contribution in [0.1, 0.15) is 40.0 Å². The van der Waals surface area contributed by atoms with Crippen molar-refractivity contribution in [3.8, 4) is 12.3 Å². The molecular formula is C13H22. The quantitative estimate of drug-likeness (QED) is 0.427. The standard InChI is InChI=1S/C13H22/c1-6-8-13(12(5)7-2)10-9-11(3)4/h1,7,11-13H,2,8-10H2,3-5H3. The summed E-state index contributed by atoms with van der Waals surface area (Å²) in [5.41, 5.74) is 0. The van der Waals surface area contributed by atoms with E-state index in [4.69, 9.17) is 6.42 Å². The summed E-state index contributed by atoms with van der Waals surface area (Å²) in [4.78, 5) is 0. The zero-order chi connectivity index (χ0) is 10.3. The largest absolute Gasteiger partial charge is 0.120 e. The Labute approximate surface area is 83.4 Å². The predicted octanol–water partition coefficient (Wildman–Crippen LogP) is 3.88. The van der Waals surface area contributed by atoms with E-state index >= 15 is 0 Å². The molecule has 0 saturated heterocycles. The van der Waals surface area contributed by atoms with Crippen LogP contribution in [-0.2, 0) is 0 Å². The fraction of sp³-hybridized carbons (Fsp3) is 0.692. The molecule has 0 spiro atoms. The molecule has 0 nitrogen and oxygen atoms in total. The van der Waals surface area contributed by atoms with Gasteiger partial charge in [0.2, 0.25) is 0 Å². The molecule has 0 aromatic carbocycles. The minimum atomic E-state index is 0.551. The Balaban J connectivity index is 3.95. The van der Waals surface area contributed by atoms with Crippen LogP contribution < -0.4 is 0 Å². The van der Waals surface area contributed by atoms with E-state index in [9.17, 15) is 0 Å². The van der Waals surface area contributed by atoms with Gasteiger partial charge in [-0.15, -0.1) is 18.9 Å². The smallest absolute Gasteiger partial charge is 0.0120 e. The number of allylic oxidation sites excluding steroid dienone is 1. The molecule has 0 rings (SSSR count). The normalized spacial score (nSPS) is 15.0. The number of terminal acetylenes is 1. The molecule has 0 saturated carbocycles. The molecule has 0 N–H and O–H groups in total. The number of hydrogen-bond donors (Lipinski definition) is 0. The second-order valence-corrected chi connectivity index (χ2v) is 4.23. The highest BCUT2D eigenvalue weighted by Gasteiger charge is 2.13. The van der Waals surface area contributed by atoms with E-state index in [1.165, 1.54) is 12.8 Å². The van der Waals surface area contributed by atoms with Gasteiger partial charge >= 0.3 is 0 Å². The molecule has 74 valence electrons. The molecule has 0 aromatic rings. The molecule has 0 aliphatic carbocycles. The van der Waals surface area contributed by atoms with Crippen molar-refractivity contribution in [2.75, 3.05) is 0 Å². The summed E-state index contributed by atoms with van der Waals surface area (Å²) in [6.45, 7) is 10.5. The van der Waals surface area contributed by atoms with E-state index in [0.29, 0.717) is 11.8 Å². The van der Waals surface area contributed by atoms with Crippen molar-refractivity contribution >= 4 is 0 Å². The van der Waals surface area contributed by atoms with Crippen LogP contribution in [0.3, 0.4) is 0 Å². The molecule has 0 fully saturated rings. The highest BCUT2D eigenvalue weighted by molar-refractivity contribution is 4.92. The molecular weight excluding hydrogens is 156 g/mol. The van der Waals surface area contributed by atoms with Gasteiger partial charge in [-0.25, -0.2) is 0 Å². The highest BCUT2D eigenvalue weighted by Crippen LogP contribution is 2.23. The Bertz CT molecular complexity index is 171. The van der Waals surface area contributed by atoms with Crippen molar-refractivity contribution in [2.24, 2.45) is 17.8 Å². The monoisotopic (exact) mass is 178 g/mol. The summed E-state index contributed by atoms with van der Waals surface area (Å²) in [5.74, 6) is 4.71. The van der Waals surface area contributed by atoms with Crippen molar-refractivity contribution in [1.29, 1.82) is 0 Å². The predicted molar refractivity (Wildman–Crippen MR) is 60.4 cm³/mol. The summed E-state index contributed by atoms with van der Waals surface area (Å²) >= 11 is 0. The summed E-state index contributed by atoms with van der Waals surface area (Å²) in [6, 6.07) is 0. The minimum absolute atomic E-state index is 0.551. The maximum atomic E-state index is 5.34. The van der Waals surface area contributed by atoms with Crippen LogP contribution in [0.4, 0.5) is 0 Å². The Morgan fingerprint density at radius 2 is 1.92 bits per heavy atom. The summed E-state index contributed by atoms with van der Waals surface area (Å²) in [7, 11) is 0. The van der Waals surface area contributed by atoms with Crippen LogP contribution in [0.25, 0.3) is 0 Å². The van der Waals surface area contributed by atoms with Crippen LogP contribution >= 0.6 is 0 Å². The Kier molecular flexibility index (Phi) is 6.41. The lowest BCUT2D eigenvalue weighted by Crippen LogP contribution is -2.10. The third kappa shape index (κ3) is 5.53. The molecule has 13 heavy (non-hydrogen) atoms. The van der Waals surface area contributed by atoms with Gasteiger partial charge in [0.1, 0.15) is 0 Å². The van der Waals surface area contributed by atoms with Crippen LogP contribution in [-0.4, -0.2) is 0 Å². The molecule has 0 bridgehead atoms. The fourth-order valence-corrected chi connectivity index (χ4v) is 1.44. The van der Waals surface area contributed by atoms with Crippen molar-refractivity contribution in [3.05, 3.63) is 12.7 Å². The molecule has 0 aromatic heterocycles. The molecule has 0 heteroatoms. The molecule has 0 aliphatic rings. The summed E-state index contributed by atoms with van der Waals surface area (Å²) in [5, 5.41) is 0. The first-order chi connectivity index (χ1) is 6.11.